The van der Waals surface area contributed by atoms with E-state index in [1.807, 2.05) is 12.1 Å². The summed E-state index contributed by atoms with van der Waals surface area (Å²) < 4.78 is 10.6. The van der Waals surface area contributed by atoms with E-state index in [4.69, 9.17) is 9.47 Å². The minimum absolute atomic E-state index is 0.218. The predicted molar refractivity (Wildman–Crippen MR) is 80.6 cm³/mol. The van der Waals surface area contributed by atoms with E-state index in [-0.39, 0.29) is 12.5 Å². The van der Waals surface area contributed by atoms with Gasteiger partial charge in [-0.3, -0.25) is 0 Å². The molecule has 1 heterocycles. The molecule has 0 amide bonds. The zero-order valence-electron chi connectivity index (χ0n) is 12.1. The quantitative estimate of drug-likeness (QED) is 0.886. The molecule has 0 aromatic heterocycles. The number of phenolic OH excluding ortho intramolecular Hbond substituents is 1. The molecule has 0 radical (unpaired) electrons. The summed E-state index contributed by atoms with van der Waals surface area (Å²) in [4.78, 5) is 0. The van der Waals surface area contributed by atoms with Crippen molar-refractivity contribution < 1.29 is 14.6 Å². The fraction of sp³-hybridized carbons (Fsp3) is 0.294. The highest BCUT2D eigenvalue weighted by Crippen LogP contribution is 2.37. The summed E-state index contributed by atoms with van der Waals surface area (Å²) in [6.45, 7) is 3.73. The normalized spacial score (nSPS) is 12.6. The van der Waals surface area contributed by atoms with Crippen LogP contribution in [0, 0.1) is 0 Å². The minimum atomic E-state index is 0.218. The van der Waals surface area contributed by atoms with E-state index in [1.54, 1.807) is 6.07 Å². The lowest BCUT2D eigenvalue weighted by molar-refractivity contribution is 0.174. The van der Waals surface area contributed by atoms with Gasteiger partial charge in [0.25, 0.3) is 0 Å². The Hall–Kier alpha value is -2.20. The number of phenols is 1. The van der Waals surface area contributed by atoms with Crippen LogP contribution in [-0.4, -0.2) is 11.9 Å². The van der Waals surface area contributed by atoms with Crippen LogP contribution < -0.4 is 14.8 Å². The minimum Gasteiger partial charge on any atom is -0.507 e. The summed E-state index contributed by atoms with van der Waals surface area (Å²) in [6, 6.07) is 11.8. The molecule has 0 fully saturated rings. The third-order valence-corrected chi connectivity index (χ3v) is 3.70. The van der Waals surface area contributed by atoms with Gasteiger partial charge in [0.2, 0.25) is 6.79 Å². The lowest BCUT2D eigenvalue weighted by atomic mass is 10.1. The van der Waals surface area contributed by atoms with Crippen LogP contribution in [0.15, 0.2) is 36.4 Å². The van der Waals surface area contributed by atoms with Crippen molar-refractivity contribution in [3.05, 3.63) is 53.1 Å². The molecular weight excluding hydrogens is 266 g/mol. The van der Waals surface area contributed by atoms with Crippen molar-refractivity contribution in [3.8, 4) is 17.2 Å². The van der Waals surface area contributed by atoms with E-state index in [9.17, 15) is 5.11 Å². The largest absolute Gasteiger partial charge is 0.507 e. The Morgan fingerprint density at radius 1 is 1.00 bits per heavy atom. The SMILES string of the molecule is CCc1ccccc1CNCc1cc2c(cc1O)OCO2. The van der Waals surface area contributed by atoms with Crippen LogP contribution in [-0.2, 0) is 19.5 Å². The summed E-state index contributed by atoms with van der Waals surface area (Å²) >= 11 is 0. The van der Waals surface area contributed by atoms with E-state index in [0.717, 1.165) is 18.5 Å². The van der Waals surface area contributed by atoms with E-state index in [1.165, 1.54) is 11.1 Å². The number of benzene rings is 2. The molecule has 4 nitrogen and oxygen atoms in total. The smallest absolute Gasteiger partial charge is 0.231 e. The number of aryl methyl sites for hydroxylation is 1. The molecule has 1 aliphatic rings. The number of hydrogen-bond donors (Lipinski definition) is 2. The van der Waals surface area contributed by atoms with Crippen molar-refractivity contribution in [2.45, 2.75) is 26.4 Å². The fourth-order valence-corrected chi connectivity index (χ4v) is 2.52. The molecule has 110 valence electrons. The van der Waals surface area contributed by atoms with Gasteiger partial charge in [-0.2, -0.15) is 0 Å². The number of nitrogens with one attached hydrogen (secondary N) is 1. The number of rotatable bonds is 5. The van der Waals surface area contributed by atoms with E-state index >= 15 is 0 Å². The van der Waals surface area contributed by atoms with Crippen molar-refractivity contribution in [1.82, 2.24) is 5.32 Å². The van der Waals surface area contributed by atoms with Crippen molar-refractivity contribution in [2.24, 2.45) is 0 Å². The van der Waals surface area contributed by atoms with Crippen LogP contribution in [0.5, 0.6) is 17.2 Å². The monoisotopic (exact) mass is 285 g/mol. The first kappa shape index (κ1) is 13.8. The number of hydrogen-bond acceptors (Lipinski definition) is 4. The topological polar surface area (TPSA) is 50.7 Å². The second kappa shape index (κ2) is 6.06. The summed E-state index contributed by atoms with van der Waals surface area (Å²) in [7, 11) is 0. The molecule has 0 saturated heterocycles. The molecule has 0 aliphatic carbocycles. The fourth-order valence-electron chi connectivity index (χ4n) is 2.52. The zero-order chi connectivity index (χ0) is 14.7. The summed E-state index contributed by atoms with van der Waals surface area (Å²) in [5, 5.41) is 13.4. The van der Waals surface area contributed by atoms with Gasteiger partial charge >= 0.3 is 0 Å². The molecule has 1 aliphatic heterocycles. The van der Waals surface area contributed by atoms with Crippen molar-refractivity contribution >= 4 is 0 Å². The number of fused-ring (bicyclic) bond motifs is 1. The Bertz CT molecular complexity index is 640. The maximum Gasteiger partial charge on any atom is 0.231 e. The maximum absolute atomic E-state index is 10.00. The highest BCUT2D eigenvalue weighted by atomic mass is 16.7. The lowest BCUT2D eigenvalue weighted by Gasteiger charge is -2.10. The van der Waals surface area contributed by atoms with Gasteiger partial charge in [-0.05, 0) is 23.6 Å². The third kappa shape index (κ3) is 2.95. The van der Waals surface area contributed by atoms with Crippen molar-refractivity contribution in [3.63, 3.8) is 0 Å². The average Bonchev–Trinajstić information content (AvgIpc) is 2.95. The van der Waals surface area contributed by atoms with Gasteiger partial charge < -0.3 is 19.9 Å². The molecule has 0 bridgehead atoms. The first-order valence-corrected chi connectivity index (χ1v) is 7.17. The number of ether oxygens (including phenoxy) is 2. The second-order valence-electron chi connectivity index (χ2n) is 5.06. The van der Waals surface area contributed by atoms with E-state index in [2.05, 4.69) is 30.4 Å². The Morgan fingerprint density at radius 3 is 2.43 bits per heavy atom. The first-order valence-electron chi connectivity index (χ1n) is 7.17. The van der Waals surface area contributed by atoms with Gasteiger partial charge in [0.15, 0.2) is 11.5 Å². The second-order valence-corrected chi connectivity index (χ2v) is 5.06. The van der Waals surface area contributed by atoms with Crippen LogP contribution in [0.1, 0.15) is 23.6 Å². The van der Waals surface area contributed by atoms with Crippen LogP contribution in [0.2, 0.25) is 0 Å². The molecule has 2 N–H and O–H groups in total. The highest BCUT2D eigenvalue weighted by Gasteiger charge is 2.16. The van der Waals surface area contributed by atoms with Gasteiger partial charge in [-0.1, -0.05) is 31.2 Å². The van der Waals surface area contributed by atoms with Crippen molar-refractivity contribution in [1.29, 1.82) is 0 Å². The molecule has 0 atom stereocenters. The first-order chi connectivity index (χ1) is 10.3. The summed E-state index contributed by atoms with van der Waals surface area (Å²) in [5.41, 5.74) is 3.45. The van der Waals surface area contributed by atoms with Gasteiger partial charge in [0.1, 0.15) is 5.75 Å². The highest BCUT2D eigenvalue weighted by molar-refractivity contribution is 5.51. The Labute approximate surface area is 124 Å². The standard InChI is InChI=1S/C17H19NO3/c1-2-12-5-3-4-6-13(12)9-18-10-14-7-16-17(8-15(14)19)21-11-20-16/h3-8,18-19H,2,9-11H2,1H3. The Morgan fingerprint density at radius 2 is 1.67 bits per heavy atom. The van der Waals surface area contributed by atoms with E-state index < -0.39 is 0 Å². The molecule has 3 rings (SSSR count). The number of aromatic hydroxyl groups is 1. The third-order valence-electron chi connectivity index (χ3n) is 3.70. The van der Waals surface area contributed by atoms with Crippen LogP contribution in [0.4, 0.5) is 0 Å². The van der Waals surface area contributed by atoms with Gasteiger partial charge in [-0.25, -0.2) is 0 Å². The summed E-state index contributed by atoms with van der Waals surface area (Å²) in [6.07, 6.45) is 1.02. The van der Waals surface area contributed by atoms with Crippen LogP contribution in [0.3, 0.4) is 0 Å². The zero-order valence-corrected chi connectivity index (χ0v) is 12.1. The Balaban J connectivity index is 1.66. The molecule has 0 spiro atoms. The molecule has 21 heavy (non-hydrogen) atoms. The van der Waals surface area contributed by atoms with Gasteiger partial charge in [0, 0.05) is 24.7 Å². The maximum atomic E-state index is 10.00. The van der Waals surface area contributed by atoms with Crippen molar-refractivity contribution in [2.75, 3.05) is 6.79 Å². The van der Waals surface area contributed by atoms with E-state index in [0.29, 0.717) is 18.0 Å². The van der Waals surface area contributed by atoms with Crippen LogP contribution >= 0.6 is 0 Å². The molecule has 0 unspecified atom stereocenters. The molecule has 0 saturated carbocycles. The van der Waals surface area contributed by atoms with Gasteiger partial charge in [-0.15, -0.1) is 0 Å². The average molecular weight is 285 g/mol. The summed E-state index contributed by atoms with van der Waals surface area (Å²) in [5.74, 6) is 1.53. The molecule has 2 aromatic rings. The molecule has 2 aromatic carbocycles. The Kier molecular flexibility index (Phi) is 3.97. The molecule has 4 heteroatoms. The lowest BCUT2D eigenvalue weighted by Crippen LogP contribution is -2.14. The molecular formula is C17H19NO3. The van der Waals surface area contributed by atoms with Gasteiger partial charge in [0.05, 0.1) is 0 Å². The predicted octanol–water partition coefficient (Wildman–Crippen LogP) is 2.97. The van der Waals surface area contributed by atoms with Crippen LogP contribution in [0.25, 0.3) is 0 Å².